The molecule has 3 rings (SSSR count). The maximum absolute atomic E-state index is 12.4. The number of nitrogens with zero attached hydrogens (tertiary/aromatic N) is 3. The van der Waals surface area contributed by atoms with E-state index in [1.54, 1.807) is 12.1 Å². The van der Waals surface area contributed by atoms with Crippen LogP contribution in [-0.4, -0.2) is 22.4 Å². The highest BCUT2D eigenvalue weighted by Gasteiger charge is 2.25. The minimum atomic E-state index is -1.10. The topological polar surface area (TPSA) is 78.7 Å². The summed E-state index contributed by atoms with van der Waals surface area (Å²) in [4.78, 5) is 21.0. The molecule has 0 aliphatic carbocycles. The third-order valence-electron chi connectivity index (χ3n) is 3.77. The maximum atomic E-state index is 12.4. The minimum absolute atomic E-state index is 0.0726. The van der Waals surface area contributed by atoms with E-state index < -0.39 is 11.8 Å². The number of hydrogen-bond donors (Lipinski definition) is 1. The Bertz CT molecular complexity index is 937. The first-order valence-electron chi connectivity index (χ1n) is 7.82. The van der Waals surface area contributed by atoms with Gasteiger partial charge in [0.25, 0.3) is 0 Å². The molecule has 25 heavy (non-hydrogen) atoms. The summed E-state index contributed by atoms with van der Waals surface area (Å²) in [6.07, 6.45) is 0.682. The third kappa shape index (κ3) is 3.93. The van der Waals surface area contributed by atoms with Crippen molar-refractivity contribution >= 4 is 28.5 Å². The molecule has 1 aromatic heterocycles. The van der Waals surface area contributed by atoms with Crippen molar-refractivity contribution in [3.8, 4) is 6.07 Å². The molecule has 0 bridgehead atoms. The molecule has 1 atom stereocenters. The van der Waals surface area contributed by atoms with Crippen molar-refractivity contribution in [3.63, 3.8) is 0 Å². The Balaban J connectivity index is 1.74. The fourth-order valence-electron chi connectivity index (χ4n) is 2.50. The van der Waals surface area contributed by atoms with E-state index in [1.165, 1.54) is 0 Å². The van der Waals surface area contributed by atoms with Gasteiger partial charge in [0.15, 0.2) is 11.1 Å². The first kappa shape index (κ1) is 16.9. The summed E-state index contributed by atoms with van der Waals surface area (Å²) in [5.41, 5.74) is 2.51. The quantitative estimate of drug-likeness (QED) is 0.766. The van der Waals surface area contributed by atoms with Gasteiger partial charge in [0, 0.05) is 6.54 Å². The van der Waals surface area contributed by atoms with Gasteiger partial charge in [-0.25, -0.2) is 9.97 Å². The summed E-state index contributed by atoms with van der Waals surface area (Å²) < 4.78 is 0. The van der Waals surface area contributed by atoms with Crippen molar-refractivity contribution in [1.82, 2.24) is 15.3 Å². The van der Waals surface area contributed by atoms with Crippen LogP contribution in [0.3, 0.4) is 0 Å². The lowest BCUT2D eigenvalue weighted by Gasteiger charge is -2.11. The fourth-order valence-corrected chi connectivity index (χ4v) is 2.74. The molecule has 0 saturated carbocycles. The van der Waals surface area contributed by atoms with Crippen LogP contribution < -0.4 is 5.32 Å². The number of rotatable bonds is 5. The molecule has 0 aliphatic rings. The van der Waals surface area contributed by atoms with Gasteiger partial charge < -0.3 is 5.32 Å². The molecule has 1 heterocycles. The fraction of sp³-hybridized carbons (Fsp3) is 0.158. The van der Waals surface area contributed by atoms with Crippen molar-refractivity contribution in [3.05, 3.63) is 71.0 Å². The van der Waals surface area contributed by atoms with Gasteiger partial charge in [-0.2, -0.15) is 5.26 Å². The van der Waals surface area contributed by atoms with E-state index in [4.69, 9.17) is 11.6 Å². The number of amides is 1. The molecule has 1 N–H and O–H groups in total. The second-order valence-corrected chi connectivity index (χ2v) is 5.84. The van der Waals surface area contributed by atoms with Crippen molar-refractivity contribution in [1.29, 1.82) is 5.26 Å². The van der Waals surface area contributed by atoms with Crippen molar-refractivity contribution < 1.29 is 4.79 Å². The summed E-state index contributed by atoms with van der Waals surface area (Å²) in [6, 6.07) is 19.0. The highest BCUT2D eigenvalue weighted by molar-refractivity contribution is 6.30. The number of nitriles is 1. The lowest BCUT2D eigenvalue weighted by Crippen LogP contribution is -2.31. The Labute approximate surface area is 150 Å². The largest absolute Gasteiger partial charge is 0.354 e. The van der Waals surface area contributed by atoms with Gasteiger partial charge in [0.1, 0.15) is 5.69 Å². The smallest absolute Gasteiger partial charge is 0.243 e. The molecule has 0 fully saturated rings. The van der Waals surface area contributed by atoms with Crippen LogP contribution in [0, 0.1) is 11.3 Å². The Morgan fingerprint density at radius 1 is 1.08 bits per heavy atom. The van der Waals surface area contributed by atoms with Crippen LogP contribution in [0.1, 0.15) is 17.2 Å². The number of fused-ring (bicyclic) bond motifs is 1. The van der Waals surface area contributed by atoms with E-state index in [1.807, 2.05) is 48.5 Å². The summed E-state index contributed by atoms with van der Waals surface area (Å²) >= 11 is 6.15. The maximum Gasteiger partial charge on any atom is 0.243 e. The van der Waals surface area contributed by atoms with Gasteiger partial charge in [-0.3, -0.25) is 4.79 Å². The van der Waals surface area contributed by atoms with Crippen molar-refractivity contribution in [2.75, 3.05) is 6.54 Å². The lowest BCUT2D eigenvalue weighted by molar-refractivity contribution is -0.121. The molecule has 5 nitrogen and oxygen atoms in total. The Morgan fingerprint density at radius 2 is 1.72 bits per heavy atom. The van der Waals surface area contributed by atoms with E-state index in [0.29, 0.717) is 24.0 Å². The SMILES string of the molecule is N#CC(C(=O)NCCc1ccccc1)c1nc2ccccc2nc1Cl. The molecule has 2 aromatic carbocycles. The molecular weight excluding hydrogens is 336 g/mol. The van der Waals surface area contributed by atoms with Crippen LogP contribution in [-0.2, 0) is 11.2 Å². The van der Waals surface area contributed by atoms with E-state index in [0.717, 1.165) is 5.56 Å². The Kier molecular flexibility index (Phi) is 5.22. The van der Waals surface area contributed by atoms with Crippen LogP contribution in [0.25, 0.3) is 11.0 Å². The van der Waals surface area contributed by atoms with Gasteiger partial charge in [0.05, 0.1) is 17.1 Å². The monoisotopic (exact) mass is 350 g/mol. The molecule has 6 heteroatoms. The summed E-state index contributed by atoms with van der Waals surface area (Å²) in [5.74, 6) is -1.52. The molecule has 0 radical (unpaired) electrons. The van der Waals surface area contributed by atoms with Crippen LogP contribution >= 0.6 is 11.6 Å². The van der Waals surface area contributed by atoms with Crippen LogP contribution in [0.15, 0.2) is 54.6 Å². The summed E-state index contributed by atoms with van der Waals surface area (Å²) in [6.45, 7) is 0.430. The van der Waals surface area contributed by atoms with Crippen molar-refractivity contribution in [2.45, 2.75) is 12.3 Å². The number of carbonyl (C=O) groups excluding carboxylic acids is 1. The number of aromatic nitrogens is 2. The number of benzene rings is 2. The number of para-hydroxylation sites is 2. The number of hydrogen-bond acceptors (Lipinski definition) is 4. The van der Waals surface area contributed by atoms with Crippen LogP contribution in [0.5, 0.6) is 0 Å². The van der Waals surface area contributed by atoms with E-state index in [2.05, 4.69) is 15.3 Å². The predicted octanol–water partition coefficient (Wildman–Crippen LogP) is 3.25. The first-order chi connectivity index (χ1) is 12.2. The number of nitrogens with one attached hydrogen (secondary N) is 1. The third-order valence-corrected chi connectivity index (χ3v) is 4.05. The van der Waals surface area contributed by atoms with Gasteiger partial charge in [-0.05, 0) is 24.1 Å². The van der Waals surface area contributed by atoms with E-state index >= 15 is 0 Å². The second kappa shape index (κ2) is 7.73. The molecule has 3 aromatic rings. The predicted molar refractivity (Wildman–Crippen MR) is 96.1 cm³/mol. The Hall–Kier alpha value is -2.97. The van der Waals surface area contributed by atoms with E-state index in [9.17, 15) is 10.1 Å². The molecule has 0 aliphatic heterocycles. The standard InChI is InChI=1S/C19H15ClN4O/c20-18-17(23-15-8-4-5-9-16(15)24-18)14(12-21)19(25)22-11-10-13-6-2-1-3-7-13/h1-9,14H,10-11H2,(H,22,25). The lowest BCUT2D eigenvalue weighted by atomic mass is 10.1. The zero-order valence-electron chi connectivity index (χ0n) is 13.3. The Morgan fingerprint density at radius 3 is 2.40 bits per heavy atom. The minimum Gasteiger partial charge on any atom is -0.354 e. The second-order valence-electron chi connectivity index (χ2n) is 5.48. The first-order valence-corrected chi connectivity index (χ1v) is 8.20. The molecule has 0 spiro atoms. The van der Waals surface area contributed by atoms with Gasteiger partial charge >= 0.3 is 0 Å². The zero-order chi connectivity index (χ0) is 17.6. The molecule has 0 saturated heterocycles. The molecule has 1 unspecified atom stereocenters. The normalized spacial score (nSPS) is 11.7. The van der Waals surface area contributed by atoms with Gasteiger partial charge in [-0.15, -0.1) is 0 Å². The average Bonchev–Trinajstić information content (AvgIpc) is 2.63. The number of carbonyl (C=O) groups is 1. The van der Waals surface area contributed by atoms with E-state index in [-0.39, 0.29) is 10.8 Å². The van der Waals surface area contributed by atoms with Gasteiger partial charge in [0.2, 0.25) is 5.91 Å². The zero-order valence-corrected chi connectivity index (χ0v) is 14.1. The van der Waals surface area contributed by atoms with Crippen LogP contribution in [0.4, 0.5) is 0 Å². The molecule has 124 valence electrons. The van der Waals surface area contributed by atoms with Crippen LogP contribution in [0.2, 0.25) is 5.15 Å². The summed E-state index contributed by atoms with van der Waals surface area (Å²) in [5, 5.41) is 12.3. The highest BCUT2D eigenvalue weighted by Crippen LogP contribution is 2.23. The number of halogens is 1. The average molecular weight is 351 g/mol. The summed E-state index contributed by atoms with van der Waals surface area (Å²) in [7, 11) is 0. The highest BCUT2D eigenvalue weighted by atomic mass is 35.5. The molecule has 1 amide bonds. The van der Waals surface area contributed by atoms with Crippen molar-refractivity contribution in [2.24, 2.45) is 0 Å². The molecular formula is C19H15ClN4O. The van der Waals surface area contributed by atoms with Gasteiger partial charge in [-0.1, -0.05) is 54.1 Å².